The molecule has 0 aromatic heterocycles. The Bertz CT molecular complexity index is 791. The third kappa shape index (κ3) is 4.69. The van der Waals surface area contributed by atoms with Crippen molar-refractivity contribution in [3.63, 3.8) is 0 Å². The normalized spacial score (nSPS) is 12.7. The summed E-state index contributed by atoms with van der Waals surface area (Å²) in [6, 6.07) is 10.2. The minimum absolute atomic E-state index is 0.0256. The maximum Gasteiger partial charge on any atom is 0.240 e. The van der Waals surface area contributed by atoms with Gasteiger partial charge in [-0.1, -0.05) is 0 Å². The first-order chi connectivity index (χ1) is 11.3. The summed E-state index contributed by atoms with van der Waals surface area (Å²) in [7, 11) is -2.16. The van der Waals surface area contributed by atoms with Gasteiger partial charge in [-0.15, -0.1) is 0 Å². The number of rotatable bonds is 7. The molecule has 1 N–H and O–H groups in total. The quantitative estimate of drug-likeness (QED) is 0.831. The van der Waals surface area contributed by atoms with E-state index in [2.05, 4.69) is 4.72 Å². The van der Waals surface area contributed by atoms with E-state index in [1.807, 2.05) is 0 Å². The zero-order chi connectivity index (χ0) is 17.7. The molecule has 0 aliphatic rings. The molecule has 1 unspecified atom stereocenters. The van der Waals surface area contributed by atoms with Crippen LogP contribution in [-0.2, 0) is 10.0 Å². The number of nitrogens with one attached hydrogen (secondary N) is 1. The highest BCUT2D eigenvalue weighted by molar-refractivity contribution is 7.89. The zero-order valence-corrected chi connectivity index (χ0v) is 14.6. The lowest BCUT2D eigenvalue weighted by Gasteiger charge is -2.16. The highest BCUT2D eigenvalue weighted by atomic mass is 32.2. The number of benzene rings is 2. The van der Waals surface area contributed by atoms with Gasteiger partial charge in [0.15, 0.2) is 0 Å². The minimum atomic E-state index is -3.73. The van der Waals surface area contributed by atoms with E-state index in [4.69, 9.17) is 9.47 Å². The van der Waals surface area contributed by atoms with Crippen LogP contribution in [0.4, 0.5) is 4.39 Å². The van der Waals surface area contributed by atoms with Crippen molar-refractivity contribution in [2.45, 2.75) is 24.8 Å². The number of ether oxygens (including phenoxy) is 2. The molecule has 0 bridgehead atoms. The van der Waals surface area contributed by atoms with Crippen LogP contribution >= 0.6 is 0 Å². The number of sulfonamides is 1. The first-order valence-electron chi connectivity index (χ1n) is 7.37. The highest BCUT2D eigenvalue weighted by Gasteiger charge is 2.18. The van der Waals surface area contributed by atoms with Crippen LogP contribution in [0.3, 0.4) is 0 Å². The Morgan fingerprint density at radius 3 is 2.33 bits per heavy atom. The van der Waals surface area contributed by atoms with Gasteiger partial charge in [-0.25, -0.2) is 17.5 Å². The van der Waals surface area contributed by atoms with Crippen molar-refractivity contribution >= 4 is 10.0 Å². The minimum Gasteiger partial charge on any atom is -0.497 e. The topological polar surface area (TPSA) is 64.6 Å². The molecule has 0 heterocycles. The Morgan fingerprint density at radius 2 is 1.75 bits per heavy atom. The standard InChI is InChI=1S/C17H20FNO4S/c1-12-10-16(8-9-17(12)18)24(20,21)19-13(2)11-23-15-6-4-14(22-3)5-7-15/h4-10,13,19H,11H2,1-3H3. The van der Waals surface area contributed by atoms with Gasteiger partial charge in [-0.3, -0.25) is 0 Å². The third-order valence-electron chi connectivity index (χ3n) is 3.36. The van der Waals surface area contributed by atoms with Crippen molar-refractivity contribution in [2.75, 3.05) is 13.7 Å². The number of methoxy groups -OCH3 is 1. The Balaban J connectivity index is 1.97. The summed E-state index contributed by atoms with van der Waals surface area (Å²) in [5.74, 6) is 0.882. The second kappa shape index (κ2) is 7.63. The van der Waals surface area contributed by atoms with Crippen molar-refractivity contribution in [3.8, 4) is 11.5 Å². The monoisotopic (exact) mass is 353 g/mol. The van der Waals surface area contributed by atoms with E-state index < -0.39 is 21.9 Å². The molecule has 0 aliphatic heterocycles. The Labute approximate surface area is 141 Å². The molecule has 0 aliphatic carbocycles. The lowest BCUT2D eigenvalue weighted by molar-refractivity contribution is 0.287. The maximum atomic E-state index is 13.3. The lowest BCUT2D eigenvalue weighted by atomic mass is 10.2. The Hall–Kier alpha value is -2.12. The van der Waals surface area contributed by atoms with E-state index in [0.29, 0.717) is 11.5 Å². The number of aryl methyl sites for hydroxylation is 1. The predicted molar refractivity (Wildman–Crippen MR) is 89.4 cm³/mol. The molecule has 0 saturated heterocycles. The first-order valence-corrected chi connectivity index (χ1v) is 8.85. The molecule has 2 aromatic carbocycles. The van der Waals surface area contributed by atoms with Gasteiger partial charge in [0.1, 0.15) is 23.9 Å². The zero-order valence-electron chi connectivity index (χ0n) is 13.7. The first kappa shape index (κ1) is 18.2. The fraction of sp³-hybridized carbons (Fsp3) is 0.294. The van der Waals surface area contributed by atoms with Crippen molar-refractivity contribution in [3.05, 3.63) is 53.8 Å². The average molecular weight is 353 g/mol. The van der Waals surface area contributed by atoms with Crippen LogP contribution in [0.15, 0.2) is 47.4 Å². The lowest BCUT2D eigenvalue weighted by Crippen LogP contribution is -2.36. The Morgan fingerprint density at radius 1 is 1.12 bits per heavy atom. The second-order valence-corrected chi connectivity index (χ2v) is 7.13. The molecule has 7 heteroatoms. The fourth-order valence-electron chi connectivity index (χ4n) is 2.04. The summed E-state index contributed by atoms with van der Waals surface area (Å²) in [5.41, 5.74) is 0.278. The molecular formula is C17H20FNO4S. The average Bonchev–Trinajstić information content (AvgIpc) is 2.55. The second-order valence-electron chi connectivity index (χ2n) is 5.42. The van der Waals surface area contributed by atoms with Gasteiger partial charge in [0.25, 0.3) is 0 Å². The summed E-state index contributed by atoms with van der Waals surface area (Å²) >= 11 is 0. The highest BCUT2D eigenvalue weighted by Crippen LogP contribution is 2.18. The van der Waals surface area contributed by atoms with Crippen LogP contribution in [-0.4, -0.2) is 28.2 Å². The van der Waals surface area contributed by atoms with Crippen molar-refractivity contribution in [2.24, 2.45) is 0 Å². The van der Waals surface area contributed by atoms with Crippen LogP contribution in [0.1, 0.15) is 12.5 Å². The molecule has 24 heavy (non-hydrogen) atoms. The van der Waals surface area contributed by atoms with Crippen LogP contribution < -0.4 is 14.2 Å². The van der Waals surface area contributed by atoms with Crippen LogP contribution in [0, 0.1) is 12.7 Å². The molecule has 0 fully saturated rings. The maximum absolute atomic E-state index is 13.3. The van der Waals surface area contributed by atoms with Crippen molar-refractivity contribution in [1.82, 2.24) is 4.72 Å². The van der Waals surface area contributed by atoms with E-state index >= 15 is 0 Å². The van der Waals surface area contributed by atoms with Crippen LogP contribution in [0.25, 0.3) is 0 Å². The number of halogens is 1. The van der Waals surface area contributed by atoms with Gasteiger partial charge < -0.3 is 9.47 Å². The summed E-state index contributed by atoms with van der Waals surface area (Å²) in [6.07, 6.45) is 0. The van der Waals surface area contributed by atoms with Gasteiger partial charge in [0.05, 0.1) is 18.0 Å². The van der Waals surface area contributed by atoms with Crippen LogP contribution in [0.5, 0.6) is 11.5 Å². The Kier molecular flexibility index (Phi) is 5.80. The molecule has 1 atom stereocenters. The molecule has 5 nitrogen and oxygen atoms in total. The van der Waals surface area contributed by atoms with Gasteiger partial charge in [0.2, 0.25) is 10.0 Å². The van der Waals surface area contributed by atoms with E-state index in [9.17, 15) is 12.8 Å². The smallest absolute Gasteiger partial charge is 0.240 e. The van der Waals surface area contributed by atoms with Crippen LogP contribution in [0.2, 0.25) is 0 Å². The fourth-order valence-corrected chi connectivity index (χ4v) is 3.36. The number of hydrogen-bond acceptors (Lipinski definition) is 4. The van der Waals surface area contributed by atoms with E-state index in [1.54, 1.807) is 38.3 Å². The van der Waals surface area contributed by atoms with E-state index in [0.717, 1.165) is 6.07 Å². The van der Waals surface area contributed by atoms with Crippen molar-refractivity contribution in [1.29, 1.82) is 0 Å². The predicted octanol–water partition coefficient (Wildman–Crippen LogP) is 2.89. The van der Waals surface area contributed by atoms with Gasteiger partial charge in [0, 0.05) is 0 Å². The van der Waals surface area contributed by atoms with E-state index in [-0.39, 0.29) is 17.1 Å². The van der Waals surface area contributed by atoms with Gasteiger partial charge >= 0.3 is 0 Å². The summed E-state index contributed by atoms with van der Waals surface area (Å²) < 4.78 is 51.0. The summed E-state index contributed by atoms with van der Waals surface area (Å²) in [6.45, 7) is 3.37. The molecule has 2 aromatic rings. The molecular weight excluding hydrogens is 333 g/mol. The third-order valence-corrected chi connectivity index (χ3v) is 4.94. The molecule has 2 rings (SSSR count). The van der Waals surface area contributed by atoms with E-state index in [1.165, 1.54) is 19.1 Å². The van der Waals surface area contributed by atoms with Gasteiger partial charge in [-0.05, 0) is 61.9 Å². The molecule has 130 valence electrons. The van der Waals surface area contributed by atoms with Crippen molar-refractivity contribution < 1.29 is 22.3 Å². The number of hydrogen-bond donors (Lipinski definition) is 1. The van der Waals surface area contributed by atoms with Gasteiger partial charge in [-0.2, -0.15) is 0 Å². The molecule has 0 amide bonds. The molecule has 0 radical (unpaired) electrons. The largest absolute Gasteiger partial charge is 0.497 e. The molecule has 0 saturated carbocycles. The summed E-state index contributed by atoms with van der Waals surface area (Å²) in [5, 5.41) is 0. The summed E-state index contributed by atoms with van der Waals surface area (Å²) in [4.78, 5) is 0.0256. The molecule has 0 spiro atoms. The SMILES string of the molecule is COc1ccc(OCC(C)NS(=O)(=O)c2ccc(F)c(C)c2)cc1.